The van der Waals surface area contributed by atoms with Crippen LogP contribution in [0.5, 0.6) is 0 Å². The van der Waals surface area contributed by atoms with Crippen molar-refractivity contribution >= 4 is 117 Å². The van der Waals surface area contributed by atoms with E-state index in [1.165, 1.54) is 12.1 Å². The zero-order chi connectivity index (χ0) is 93.6. The average molecular weight is 1800 g/mol. The van der Waals surface area contributed by atoms with Crippen molar-refractivity contribution in [1.29, 1.82) is 0 Å². The number of nitrogens with zero attached hydrogens (tertiary/aromatic N) is 7. The molecule has 1 atom stereocenters. The Balaban J connectivity index is 0.000000157. The van der Waals surface area contributed by atoms with Crippen LogP contribution in [0.2, 0.25) is 0 Å². The number of hydrogen-bond donors (Lipinski definition) is 6. The maximum atomic E-state index is 12.9. The van der Waals surface area contributed by atoms with Gasteiger partial charge in [-0.1, -0.05) is 54.6 Å². The van der Waals surface area contributed by atoms with Crippen molar-refractivity contribution in [3.05, 3.63) is 260 Å². The summed E-state index contributed by atoms with van der Waals surface area (Å²) in [5.41, 5.74) is 21.2. The third kappa shape index (κ3) is 20.9. The van der Waals surface area contributed by atoms with Gasteiger partial charge in [0.1, 0.15) is 34.0 Å². The first-order chi connectivity index (χ1) is 62.3. The molecule has 0 bridgehead atoms. The Kier molecular flexibility index (Phi) is 30.4. The van der Waals surface area contributed by atoms with Gasteiger partial charge in [-0.05, 0) is 257 Å². The smallest absolute Gasteiger partial charge is 0.355 e. The maximum Gasteiger partial charge on any atom is 0.355 e. The number of fused-ring (bicyclic) bond motifs is 6. The number of aryl methyl sites for hydroxylation is 6. The number of aliphatic carboxylic acids is 1. The second-order valence-electron chi connectivity index (χ2n) is 30.1. The van der Waals surface area contributed by atoms with Crippen molar-refractivity contribution in [2.45, 2.75) is 120 Å². The number of nitrogens with one attached hydrogen (secondary N) is 3. The minimum absolute atomic E-state index is 0.0198. The number of benzene rings is 11. The Morgan fingerprint density at radius 2 is 0.731 bits per heavy atom. The molecule has 1 unspecified atom stereocenters. The van der Waals surface area contributed by atoms with E-state index in [0.717, 1.165) is 223 Å². The summed E-state index contributed by atoms with van der Waals surface area (Å²) in [6, 6.07) is 54.8. The molecule has 0 radical (unpaired) electrons. The summed E-state index contributed by atoms with van der Waals surface area (Å²) < 4.78 is 97.7. The summed E-state index contributed by atoms with van der Waals surface area (Å²) in [4.78, 5) is 75.7. The fraction of sp³-hybridized carbons (Fsp3) is 0.250. The van der Waals surface area contributed by atoms with Crippen molar-refractivity contribution in [3.63, 3.8) is 0 Å². The lowest BCUT2D eigenvalue weighted by molar-refractivity contribution is -0.130. The van der Waals surface area contributed by atoms with E-state index in [0.29, 0.717) is 61.2 Å². The zero-order valence-electron chi connectivity index (χ0n) is 74.8. The van der Waals surface area contributed by atoms with Gasteiger partial charge in [0.2, 0.25) is 6.04 Å². The molecule has 8 aromatic rings. The number of anilines is 4. The standard InChI is InChI=1S/3C28H30N2O3.C16H12N4O9S2/c3*1-6-29-23-15-25-21(13-17(23)4)27(19-11-9-10-12-20(19)28(31)32-8-3)22-14-18(5)24(30-7-2)16-26(22)33-25;21-15-13(18-17-9-1-5-11(6-2-9)30(24,25)26)14(16(22)23)19-20(15)10-3-7-12(8-4-10)31(27,28)29/h3*9-16,29H,6-8H2,1-5H3;1-8,13H,(H,22,23)(H,24,25,26)(H,27,28,29). The van der Waals surface area contributed by atoms with Crippen molar-refractivity contribution in [2.75, 3.05) is 80.0 Å². The molecule has 4 heterocycles. The molecule has 672 valence electrons. The van der Waals surface area contributed by atoms with Crippen molar-refractivity contribution in [2.24, 2.45) is 30.3 Å². The fourth-order valence-electron chi connectivity index (χ4n) is 15.3. The van der Waals surface area contributed by atoms with Crippen molar-refractivity contribution < 1.29 is 82.5 Å². The Morgan fingerprint density at radius 1 is 0.415 bits per heavy atom. The number of carboxylic acids is 1. The van der Waals surface area contributed by atoms with Gasteiger partial charge in [-0.2, -0.15) is 37.2 Å². The Morgan fingerprint density at radius 3 is 1.02 bits per heavy atom. The molecular formula is C100H102N10O18S2. The number of carboxylic acid groups (broad SMARTS) is 1. The number of carbonyl (C=O) groups excluding carboxylic acids is 4. The molecule has 130 heavy (non-hydrogen) atoms. The Hall–Kier alpha value is -14.3. The van der Waals surface area contributed by atoms with Crippen LogP contribution in [-0.2, 0) is 44.0 Å². The van der Waals surface area contributed by atoms with E-state index in [4.69, 9.17) is 36.6 Å². The zero-order valence-corrected chi connectivity index (χ0v) is 76.5. The molecule has 0 spiro atoms. The minimum Gasteiger partial charge on any atom is -0.477 e. The van der Waals surface area contributed by atoms with Crippen LogP contribution in [-0.4, -0.2) is 132 Å². The predicted molar refractivity (Wildman–Crippen MR) is 505 cm³/mol. The van der Waals surface area contributed by atoms with Gasteiger partial charge in [0, 0.05) is 142 Å². The molecule has 7 aliphatic rings. The average Bonchev–Trinajstić information content (AvgIpc) is 0.860. The van der Waals surface area contributed by atoms with E-state index in [1.54, 1.807) is 0 Å². The minimum atomic E-state index is -4.46. The highest BCUT2D eigenvalue weighted by molar-refractivity contribution is 7.86. The first-order valence-corrected chi connectivity index (χ1v) is 45.5. The first-order valence-electron chi connectivity index (χ1n) is 42.6. The van der Waals surface area contributed by atoms with Crippen LogP contribution < -0.4 is 37.0 Å². The molecule has 3 aliphatic carbocycles. The molecule has 8 aromatic carbocycles. The van der Waals surface area contributed by atoms with Crippen LogP contribution in [0, 0.1) is 41.5 Å². The number of amides is 1. The number of ether oxygens (including phenoxy) is 3. The summed E-state index contributed by atoms with van der Waals surface area (Å²) in [6.07, 6.45) is 0. The molecular weight excluding hydrogens is 1690 g/mol. The molecule has 15 rings (SSSR count). The van der Waals surface area contributed by atoms with E-state index < -0.39 is 53.7 Å². The SMILES string of the molecule is CCN=c1cc2oc3cc(NCC)c(C)cc3c(-c3ccccc3C(=O)OCC)c-2cc1C.CCN=c1cc2oc3cc(NCC)c(C)cc3c(-c3ccccc3C(=O)OCC)c-2cc1C.CCN=c1cc2oc3cc(NCC)c(C)cc3c(-c3ccccc3C(=O)OCC)c-2cc1C.O=C(O)C1=NN(c2ccc(S(=O)(=O)O)cc2)C(=O)C1N=Nc1ccc(S(=O)(=O)O)cc1. The molecule has 0 aromatic heterocycles. The number of azo groups is 1. The monoisotopic (exact) mass is 1790 g/mol. The van der Waals surface area contributed by atoms with Crippen LogP contribution in [0.25, 0.3) is 100 Å². The fourth-order valence-corrected chi connectivity index (χ4v) is 16.3. The number of carbonyl (C=O) groups is 5. The molecule has 0 saturated heterocycles. The predicted octanol–water partition coefficient (Wildman–Crippen LogP) is 20.2. The van der Waals surface area contributed by atoms with Gasteiger partial charge in [-0.15, -0.1) is 0 Å². The second-order valence-corrected chi connectivity index (χ2v) is 33.0. The topological polar surface area (TPSA) is 395 Å². The number of rotatable bonds is 24. The summed E-state index contributed by atoms with van der Waals surface area (Å²) >= 11 is 0. The van der Waals surface area contributed by atoms with E-state index in [2.05, 4.69) is 145 Å². The highest BCUT2D eigenvalue weighted by Crippen LogP contribution is 2.47. The Labute approximate surface area is 752 Å². The Bertz CT molecular complexity index is 6620. The highest BCUT2D eigenvalue weighted by Gasteiger charge is 2.41. The van der Waals surface area contributed by atoms with Crippen molar-refractivity contribution in [1.82, 2.24) is 0 Å². The molecule has 30 heteroatoms. The van der Waals surface area contributed by atoms with Crippen LogP contribution in [0.4, 0.5) is 28.4 Å². The van der Waals surface area contributed by atoms with E-state index >= 15 is 0 Å². The third-order valence-corrected chi connectivity index (χ3v) is 23.0. The van der Waals surface area contributed by atoms with Crippen LogP contribution in [0.3, 0.4) is 0 Å². The second kappa shape index (κ2) is 41.6. The lowest BCUT2D eigenvalue weighted by Gasteiger charge is -2.19. The molecule has 4 aliphatic heterocycles. The molecule has 0 saturated carbocycles. The quantitative estimate of drug-likeness (QED) is 0.0108. The van der Waals surface area contributed by atoms with Crippen LogP contribution >= 0.6 is 0 Å². The van der Waals surface area contributed by atoms with Gasteiger partial charge in [0.05, 0.1) is 73.7 Å². The largest absolute Gasteiger partial charge is 0.477 e. The molecule has 0 fully saturated rings. The number of esters is 3. The molecule has 28 nitrogen and oxygen atoms in total. The lowest BCUT2D eigenvalue weighted by Crippen LogP contribution is -2.33. The summed E-state index contributed by atoms with van der Waals surface area (Å²) in [5, 5.41) is 36.9. The normalized spacial score (nSPS) is 13.1. The number of hydrazone groups is 1. The van der Waals surface area contributed by atoms with E-state index in [-0.39, 0.29) is 29.3 Å². The molecule has 6 N–H and O–H groups in total. The van der Waals surface area contributed by atoms with Crippen LogP contribution in [0.1, 0.15) is 127 Å². The van der Waals surface area contributed by atoms with Gasteiger partial charge < -0.3 is 48.5 Å². The highest BCUT2D eigenvalue weighted by atomic mass is 32.2. The first kappa shape index (κ1) is 94.8. The third-order valence-electron chi connectivity index (χ3n) is 21.2. The van der Waals surface area contributed by atoms with Crippen LogP contribution in [0.15, 0.2) is 247 Å². The van der Waals surface area contributed by atoms with E-state index in [1.807, 2.05) is 151 Å². The molecule has 1 amide bonds. The summed E-state index contributed by atoms with van der Waals surface area (Å²) in [5.74, 6) is -1.21. The maximum absolute atomic E-state index is 12.9. The van der Waals surface area contributed by atoms with Gasteiger partial charge in [-0.25, -0.2) is 19.2 Å². The van der Waals surface area contributed by atoms with Crippen molar-refractivity contribution in [3.8, 4) is 67.4 Å². The van der Waals surface area contributed by atoms with E-state index in [9.17, 15) is 45.9 Å². The summed E-state index contributed by atoms with van der Waals surface area (Å²) in [6.45, 7) is 35.7. The summed E-state index contributed by atoms with van der Waals surface area (Å²) in [7, 11) is -8.88. The van der Waals surface area contributed by atoms with Gasteiger partial charge in [-0.3, -0.25) is 28.9 Å². The lowest BCUT2D eigenvalue weighted by atomic mass is 9.89. The van der Waals surface area contributed by atoms with Gasteiger partial charge in [0.15, 0.2) is 5.71 Å². The number of hydrogen-bond acceptors (Lipinski definition) is 24. The van der Waals surface area contributed by atoms with Gasteiger partial charge >= 0.3 is 23.9 Å². The van der Waals surface area contributed by atoms with Gasteiger partial charge in [0.25, 0.3) is 26.1 Å².